The monoisotopic (exact) mass is 361 g/mol. The number of phosphoric ester groups is 1. The minimum atomic E-state index is -4.63. The highest BCUT2D eigenvalue weighted by atomic mass is 32.2. The van der Waals surface area contributed by atoms with E-state index >= 15 is 0 Å². The van der Waals surface area contributed by atoms with Crippen molar-refractivity contribution in [3.63, 3.8) is 0 Å². The molecule has 2 aliphatic heterocycles. The van der Waals surface area contributed by atoms with E-state index in [9.17, 15) is 9.67 Å². The predicted octanol–water partition coefficient (Wildman–Crippen LogP) is -0.750. The van der Waals surface area contributed by atoms with Crippen LogP contribution in [0.1, 0.15) is 6.23 Å². The van der Waals surface area contributed by atoms with Crippen molar-refractivity contribution >= 4 is 36.6 Å². The largest absolute Gasteiger partial charge is 0.469 e. The number of aromatic nitrogens is 4. The van der Waals surface area contributed by atoms with Gasteiger partial charge in [-0.2, -0.15) is 0 Å². The van der Waals surface area contributed by atoms with Crippen LogP contribution < -0.4 is 5.73 Å². The van der Waals surface area contributed by atoms with Crippen LogP contribution in [0.5, 0.6) is 0 Å². The van der Waals surface area contributed by atoms with Gasteiger partial charge < -0.3 is 25.4 Å². The minimum absolute atomic E-state index is 0.244. The van der Waals surface area contributed by atoms with E-state index in [1.54, 1.807) is 4.57 Å². The van der Waals surface area contributed by atoms with E-state index < -0.39 is 32.9 Å². The van der Waals surface area contributed by atoms with Gasteiger partial charge in [0, 0.05) is 0 Å². The molecule has 5 N–H and O–H groups in total. The van der Waals surface area contributed by atoms with Crippen molar-refractivity contribution in [2.75, 3.05) is 12.3 Å². The highest BCUT2D eigenvalue weighted by Crippen LogP contribution is 2.50. The number of hydrogen-bond donors (Lipinski definition) is 4. The number of aliphatic hydroxyl groups is 1. The SMILES string of the molecule is Nc1ncnc2c1nc1n2C2OC(COP(=O)(O)O)C(O)C2S1. The van der Waals surface area contributed by atoms with E-state index in [-0.39, 0.29) is 11.1 Å². The number of thioether (sulfide) groups is 1. The van der Waals surface area contributed by atoms with E-state index in [0.717, 1.165) is 0 Å². The number of hydrogen-bond acceptors (Lipinski definition) is 9. The normalized spacial score (nSPS) is 29.9. The average molecular weight is 361 g/mol. The Kier molecular flexibility index (Phi) is 3.39. The van der Waals surface area contributed by atoms with Crippen molar-refractivity contribution in [1.29, 1.82) is 0 Å². The molecule has 0 aromatic carbocycles. The number of nitrogens with zero attached hydrogens (tertiary/aromatic N) is 4. The molecule has 2 aromatic heterocycles. The summed E-state index contributed by atoms with van der Waals surface area (Å²) >= 11 is 1.29. The smallest absolute Gasteiger partial charge is 0.389 e. The zero-order valence-electron chi connectivity index (χ0n) is 11.4. The predicted molar refractivity (Wildman–Crippen MR) is 77.3 cm³/mol. The van der Waals surface area contributed by atoms with E-state index in [1.165, 1.54) is 18.1 Å². The topological polar surface area (TPSA) is 166 Å². The lowest BCUT2D eigenvalue weighted by Gasteiger charge is -2.16. The minimum Gasteiger partial charge on any atom is -0.389 e. The van der Waals surface area contributed by atoms with Crippen molar-refractivity contribution in [3.8, 4) is 0 Å². The number of fused-ring (bicyclic) bond motifs is 5. The fourth-order valence-corrected chi connectivity index (χ4v) is 4.35. The lowest BCUT2D eigenvalue weighted by molar-refractivity contribution is -0.0440. The first-order valence-electron chi connectivity index (χ1n) is 6.54. The fraction of sp³-hybridized carbons (Fsp3) is 0.500. The molecule has 11 nitrogen and oxygen atoms in total. The Bertz CT molecular complexity index is 825. The molecule has 4 unspecified atom stereocenters. The maximum absolute atomic E-state index is 10.8. The first kappa shape index (κ1) is 15.3. The molecule has 124 valence electrons. The molecule has 1 fully saturated rings. The summed E-state index contributed by atoms with van der Waals surface area (Å²) in [4.78, 5) is 29.9. The number of rotatable bonds is 3. The van der Waals surface area contributed by atoms with Crippen LogP contribution >= 0.6 is 19.6 Å². The summed E-state index contributed by atoms with van der Waals surface area (Å²) in [5.41, 5.74) is 6.70. The highest BCUT2D eigenvalue weighted by Gasteiger charge is 2.51. The molecule has 0 spiro atoms. The molecular formula is C10H12N5O6PS. The Hall–Kier alpha value is -1.27. The van der Waals surface area contributed by atoms with Crippen LogP contribution in [0.25, 0.3) is 11.2 Å². The second-order valence-electron chi connectivity index (χ2n) is 5.12. The van der Waals surface area contributed by atoms with Crippen molar-refractivity contribution in [1.82, 2.24) is 19.5 Å². The second-order valence-corrected chi connectivity index (χ2v) is 7.50. The number of imidazole rings is 1. The van der Waals surface area contributed by atoms with Crippen LogP contribution in [0, 0.1) is 0 Å². The molecule has 0 saturated carbocycles. The molecular weight excluding hydrogens is 349 g/mol. The standard InChI is InChI=1S/C10H12N5O6PS/c11-7-4-8(13-2-12-7)15-9-6(23-10(15)14-4)5(16)3(21-9)1-20-22(17,18)19/h2-3,5-6,9,16H,1H2,(H2,11,12,13)(H2,17,18,19). The van der Waals surface area contributed by atoms with Gasteiger partial charge >= 0.3 is 7.82 Å². The Morgan fingerprint density at radius 2 is 2.26 bits per heavy atom. The molecule has 23 heavy (non-hydrogen) atoms. The van der Waals surface area contributed by atoms with E-state index in [4.69, 9.17) is 20.3 Å². The molecule has 4 atom stereocenters. The summed E-state index contributed by atoms with van der Waals surface area (Å²) in [6, 6.07) is 0. The van der Waals surface area contributed by atoms with Crippen LogP contribution in [0.15, 0.2) is 11.5 Å². The van der Waals surface area contributed by atoms with E-state index in [1.807, 2.05) is 0 Å². The molecule has 13 heteroatoms. The third-order valence-corrected chi connectivity index (χ3v) is 5.46. The van der Waals surface area contributed by atoms with Crippen LogP contribution in [-0.4, -0.2) is 58.5 Å². The van der Waals surface area contributed by atoms with Crippen molar-refractivity contribution in [2.45, 2.75) is 28.8 Å². The molecule has 0 radical (unpaired) electrons. The average Bonchev–Trinajstić information content (AvgIpc) is 3.07. The highest BCUT2D eigenvalue weighted by molar-refractivity contribution is 8.00. The Morgan fingerprint density at radius 3 is 3.00 bits per heavy atom. The Balaban J connectivity index is 1.64. The van der Waals surface area contributed by atoms with Gasteiger partial charge in [-0.25, -0.2) is 19.5 Å². The second kappa shape index (κ2) is 5.11. The van der Waals surface area contributed by atoms with E-state index in [2.05, 4.69) is 19.5 Å². The van der Waals surface area contributed by atoms with E-state index in [0.29, 0.717) is 16.3 Å². The zero-order chi connectivity index (χ0) is 16.4. The summed E-state index contributed by atoms with van der Waals surface area (Å²) in [5.74, 6) is 0.244. The Labute approximate surface area is 133 Å². The van der Waals surface area contributed by atoms with Gasteiger partial charge in [0.05, 0.1) is 18.0 Å². The zero-order valence-corrected chi connectivity index (χ0v) is 13.1. The Morgan fingerprint density at radius 1 is 1.48 bits per heavy atom. The van der Waals surface area contributed by atoms with Gasteiger partial charge in [0.2, 0.25) is 0 Å². The van der Waals surface area contributed by atoms with Gasteiger partial charge in [-0.1, -0.05) is 11.8 Å². The number of aliphatic hydroxyl groups excluding tert-OH is 1. The van der Waals surface area contributed by atoms with Crippen LogP contribution in [0.3, 0.4) is 0 Å². The van der Waals surface area contributed by atoms with Crippen LogP contribution in [0.2, 0.25) is 0 Å². The van der Waals surface area contributed by atoms with Crippen LogP contribution in [0.4, 0.5) is 5.82 Å². The van der Waals surface area contributed by atoms with Crippen LogP contribution in [-0.2, 0) is 13.8 Å². The molecule has 2 aliphatic rings. The molecule has 0 bridgehead atoms. The van der Waals surface area contributed by atoms with Crippen molar-refractivity contribution in [2.24, 2.45) is 0 Å². The first-order valence-corrected chi connectivity index (χ1v) is 8.95. The van der Waals surface area contributed by atoms with Gasteiger partial charge in [-0.15, -0.1) is 0 Å². The van der Waals surface area contributed by atoms with Gasteiger partial charge in [-0.3, -0.25) is 9.09 Å². The molecule has 4 heterocycles. The third kappa shape index (κ3) is 2.43. The maximum Gasteiger partial charge on any atom is 0.469 e. The summed E-state index contributed by atoms with van der Waals surface area (Å²) in [6.07, 6.45) is -1.10. The lowest BCUT2D eigenvalue weighted by Crippen LogP contribution is -2.31. The summed E-state index contributed by atoms with van der Waals surface area (Å²) in [7, 11) is -4.63. The molecule has 2 aromatic rings. The van der Waals surface area contributed by atoms with Gasteiger partial charge in [0.1, 0.15) is 12.4 Å². The van der Waals surface area contributed by atoms with Gasteiger partial charge in [0.25, 0.3) is 0 Å². The first-order chi connectivity index (χ1) is 10.8. The number of ether oxygens (including phenoxy) is 1. The summed E-state index contributed by atoms with van der Waals surface area (Å²) < 4.78 is 22.6. The number of anilines is 1. The van der Waals surface area contributed by atoms with Gasteiger partial charge in [-0.05, 0) is 0 Å². The molecule has 0 aliphatic carbocycles. The quantitative estimate of drug-likeness (QED) is 0.508. The van der Waals surface area contributed by atoms with Crippen molar-refractivity contribution < 1.29 is 28.7 Å². The number of phosphoric acid groups is 1. The maximum atomic E-state index is 10.8. The fourth-order valence-electron chi connectivity index (χ4n) is 2.70. The summed E-state index contributed by atoms with van der Waals surface area (Å²) in [5, 5.41) is 10.5. The number of nitrogen functional groups attached to an aromatic ring is 1. The molecule has 0 amide bonds. The molecule has 1 saturated heterocycles. The van der Waals surface area contributed by atoms with Crippen molar-refractivity contribution in [3.05, 3.63) is 6.33 Å². The third-order valence-electron chi connectivity index (χ3n) is 3.69. The number of nitrogens with two attached hydrogens (primary N) is 1. The lowest BCUT2D eigenvalue weighted by atomic mass is 10.2. The molecule has 4 rings (SSSR count). The summed E-state index contributed by atoms with van der Waals surface area (Å²) in [6.45, 7) is -0.419. The van der Waals surface area contributed by atoms with Gasteiger partial charge in [0.15, 0.2) is 28.4 Å².